The second-order valence-corrected chi connectivity index (χ2v) is 10.8. The summed E-state index contributed by atoms with van der Waals surface area (Å²) in [5.74, 6) is -1.20. The van der Waals surface area contributed by atoms with Crippen LogP contribution in [-0.4, -0.2) is 65.9 Å². The van der Waals surface area contributed by atoms with Crippen molar-refractivity contribution >= 4 is 64.0 Å². The van der Waals surface area contributed by atoms with Crippen LogP contribution in [0, 0.1) is 6.92 Å². The maximum atomic E-state index is 12.6. The van der Waals surface area contributed by atoms with E-state index in [0.29, 0.717) is 22.8 Å². The number of nitrogens with zero attached hydrogens (tertiary/aromatic N) is 3. The number of thioether (sulfide) groups is 2. The number of rotatable bonds is 7. The SMILES string of the molecule is Cc1nnc(SCC2=C(C(=O)O)N3C(=O)C(NC(=O)Cc4csc(=O)[nH]4)[C@H]3SC2)s1. The van der Waals surface area contributed by atoms with E-state index < -0.39 is 29.2 Å². The standard InChI is InChI=1S/C16H15N5O5S4/c1-6-19-20-16(30-6)29-4-7-3-27-13-10(12(23)21(13)11(7)14(24)25)18-9(22)2-8-5-28-15(26)17-8/h5,10,13H,2-4H2,1H3,(H,17,26)(H,18,22)(H,24,25)/t10?,13-/m1/s1. The Kier molecular flexibility index (Phi) is 5.99. The third-order valence-electron chi connectivity index (χ3n) is 4.37. The molecule has 30 heavy (non-hydrogen) atoms. The first-order chi connectivity index (χ1) is 14.3. The molecule has 4 heterocycles. The average molecular weight is 486 g/mol. The number of fused-ring (bicyclic) bond motifs is 1. The summed E-state index contributed by atoms with van der Waals surface area (Å²) in [6.45, 7) is 1.84. The molecule has 2 aromatic rings. The number of H-pyrrole nitrogens is 1. The molecule has 2 aliphatic rings. The fraction of sp³-hybridized carbons (Fsp3) is 0.375. The van der Waals surface area contributed by atoms with Gasteiger partial charge in [-0.25, -0.2) is 4.79 Å². The van der Waals surface area contributed by atoms with Crippen molar-refractivity contribution < 1.29 is 19.5 Å². The fourth-order valence-electron chi connectivity index (χ4n) is 3.08. The second-order valence-electron chi connectivity index (χ2n) is 6.44. The van der Waals surface area contributed by atoms with E-state index in [1.165, 1.54) is 39.8 Å². The number of carboxylic acids is 1. The minimum atomic E-state index is -1.17. The van der Waals surface area contributed by atoms with E-state index in [0.717, 1.165) is 20.7 Å². The van der Waals surface area contributed by atoms with Crippen LogP contribution < -0.4 is 10.2 Å². The van der Waals surface area contributed by atoms with Gasteiger partial charge >= 0.3 is 10.8 Å². The molecule has 3 N–H and O–H groups in total. The Morgan fingerprint density at radius 3 is 2.83 bits per heavy atom. The molecule has 1 unspecified atom stereocenters. The van der Waals surface area contributed by atoms with Gasteiger partial charge in [-0.1, -0.05) is 34.4 Å². The molecule has 0 aromatic carbocycles. The lowest BCUT2D eigenvalue weighted by Crippen LogP contribution is -2.70. The zero-order valence-electron chi connectivity index (χ0n) is 15.4. The van der Waals surface area contributed by atoms with E-state index in [-0.39, 0.29) is 17.0 Å². The summed E-state index contributed by atoms with van der Waals surface area (Å²) in [6, 6.07) is -0.790. The Bertz CT molecular complexity index is 1110. The Morgan fingerprint density at radius 1 is 1.40 bits per heavy atom. The molecule has 0 spiro atoms. The molecule has 158 valence electrons. The van der Waals surface area contributed by atoms with Crippen LogP contribution in [0.3, 0.4) is 0 Å². The molecule has 0 radical (unpaired) electrons. The Morgan fingerprint density at radius 2 is 2.20 bits per heavy atom. The van der Waals surface area contributed by atoms with Gasteiger partial charge < -0.3 is 15.4 Å². The fourth-order valence-corrected chi connectivity index (χ4v) is 6.96. The number of nitrogens with one attached hydrogen (secondary N) is 2. The Hall–Kier alpha value is -2.16. The average Bonchev–Trinajstić information content (AvgIpc) is 3.31. The van der Waals surface area contributed by atoms with Gasteiger partial charge in [-0.3, -0.25) is 19.3 Å². The molecule has 2 amide bonds. The number of β-lactam (4-membered cyclic amide) rings is 1. The second kappa shape index (κ2) is 8.53. The van der Waals surface area contributed by atoms with Crippen LogP contribution in [0.2, 0.25) is 0 Å². The van der Waals surface area contributed by atoms with Crippen molar-refractivity contribution in [3.63, 3.8) is 0 Å². The van der Waals surface area contributed by atoms with Crippen LogP contribution in [0.4, 0.5) is 0 Å². The van der Waals surface area contributed by atoms with E-state index in [1.54, 1.807) is 5.38 Å². The summed E-state index contributed by atoms with van der Waals surface area (Å²) < 4.78 is 0.739. The third-order valence-corrected chi connectivity index (χ3v) is 8.48. The third kappa shape index (κ3) is 4.17. The van der Waals surface area contributed by atoms with Crippen LogP contribution >= 0.6 is 46.2 Å². The number of aromatic amines is 1. The lowest BCUT2D eigenvalue weighted by Gasteiger charge is -2.49. The maximum Gasteiger partial charge on any atom is 0.352 e. The minimum absolute atomic E-state index is 0.0230. The lowest BCUT2D eigenvalue weighted by molar-refractivity contribution is -0.150. The van der Waals surface area contributed by atoms with Gasteiger partial charge in [0.25, 0.3) is 5.91 Å². The van der Waals surface area contributed by atoms with Gasteiger partial charge in [0.2, 0.25) is 5.91 Å². The number of hydrogen-bond donors (Lipinski definition) is 3. The van der Waals surface area contributed by atoms with E-state index >= 15 is 0 Å². The molecule has 1 saturated heterocycles. The van der Waals surface area contributed by atoms with Gasteiger partial charge in [-0.2, -0.15) is 0 Å². The van der Waals surface area contributed by atoms with Crippen molar-refractivity contribution in [2.24, 2.45) is 0 Å². The van der Waals surface area contributed by atoms with Gasteiger partial charge in [0, 0.05) is 22.6 Å². The molecule has 2 aromatic heterocycles. The monoisotopic (exact) mass is 485 g/mol. The molecule has 2 aliphatic heterocycles. The normalized spacial score (nSPS) is 20.7. The Labute approximate surface area is 186 Å². The first-order valence-electron chi connectivity index (χ1n) is 8.62. The predicted octanol–water partition coefficient (Wildman–Crippen LogP) is 0.670. The highest BCUT2D eigenvalue weighted by Gasteiger charge is 2.54. The van der Waals surface area contributed by atoms with E-state index in [9.17, 15) is 24.3 Å². The van der Waals surface area contributed by atoms with Crippen molar-refractivity contribution in [2.45, 2.75) is 29.1 Å². The van der Waals surface area contributed by atoms with Gasteiger partial charge in [-0.15, -0.1) is 22.0 Å². The molecule has 0 saturated carbocycles. The zero-order valence-corrected chi connectivity index (χ0v) is 18.7. The lowest BCUT2D eigenvalue weighted by atomic mass is 10.0. The van der Waals surface area contributed by atoms with E-state index in [4.69, 9.17) is 0 Å². The van der Waals surface area contributed by atoms with Crippen molar-refractivity contribution in [3.05, 3.63) is 37.0 Å². The minimum Gasteiger partial charge on any atom is -0.477 e. The number of carbonyl (C=O) groups excluding carboxylic acids is 2. The number of amides is 2. The number of aromatic nitrogens is 3. The van der Waals surface area contributed by atoms with Crippen molar-refractivity contribution in [1.82, 2.24) is 25.4 Å². The number of carboxylic acid groups (broad SMARTS) is 1. The highest BCUT2D eigenvalue weighted by Crippen LogP contribution is 2.41. The van der Waals surface area contributed by atoms with Gasteiger partial charge in [-0.05, 0) is 12.5 Å². The summed E-state index contributed by atoms with van der Waals surface area (Å²) >= 11 is 5.19. The number of carbonyl (C=O) groups is 3. The van der Waals surface area contributed by atoms with Crippen LogP contribution in [0.1, 0.15) is 10.7 Å². The van der Waals surface area contributed by atoms with Crippen molar-refractivity contribution in [3.8, 4) is 0 Å². The van der Waals surface area contributed by atoms with Crippen LogP contribution in [0.15, 0.2) is 25.8 Å². The molecule has 10 nitrogen and oxygen atoms in total. The summed E-state index contributed by atoms with van der Waals surface area (Å²) in [5.41, 5.74) is 1.08. The molecule has 14 heteroatoms. The molecule has 1 fully saturated rings. The summed E-state index contributed by atoms with van der Waals surface area (Å²) in [6.07, 6.45) is -0.0509. The quantitative estimate of drug-likeness (QED) is 0.380. The molecular weight excluding hydrogens is 470 g/mol. The van der Waals surface area contributed by atoms with Crippen molar-refractivity contribution in [1.29, 1.82) is 0 Å². The first-order valence-corrected chi connectivity index (χ1v) is 12.4. The van der Waals surface area contributed by atoms with Gasteiger partial charge in [0.15, 0.2) is 4.34 Å². The smallest absolute Gasteiger partial charge is 0.352 e. The van der Waals surface area contributed by atoms with E-state index in [1.807, 2.05) is 6.92 Å². The topological polar surface area (TPSA) is 145 Å². The maximum absolute atomic E-state index is 12.6. The summed E-state index contributed by atoms with van der Waals surface area (Å²) in [4.78, 5) is 51.5. The van der Waals surface area contributed by atoms with Gasteiger partial charge in [0.05, 0.1) is 6.42 Å². The zero-order chi connectivity index (χ0) is 21.4. The highest BCUT2D eigenvalue weighted by atomic mass is 32.2. The molecule has 0 bridgehead atoms. The van der Waals surface area contributed by atoms with Crippen LogP contribution in [0.5, 0.6) is 0 Å². The molecule has 0 aliphatic carbocycles. The summed E-state index contributed by atoms with van der Waals surface area (Å²) in [7, 11) is 0. The molecular formula is C16H15N5O5S4. The Balaban J connectivity index is 1.43. The van der Waals surface area contributed by atoms with Crippen molar-refractivity contribution in [2.75, 3.05) is 11.5 Å². The molecule has 4 rings (SSSR count). The largest absolute Gasteiger partial charge is 0.477 e. The number of hydrogen-bond acceptors (Lipinski definition) is 10. The van der Waals surface area contributed by atoms with Crippen LogP contribution in [-0.2, 0) is 20.8 Å². The first kappa shape index (κ1) is 21.1. The number of thiazole rings is 1. The van der Waals surface area contributed by atoms with Gasteiger partial charge in [0.1, 0.15) is 22.1 Å². The number of aliphatic carboxylic acids is 1. The molecule has 2 atom stereocenters. The number of aryl methyl sites for hydroxylation is 1. The predicted molar refractivity (Wildman–Crippen MR) is 114 cm³/mol. The van der Waals surface area contributed by atoms with E-state index in [2.05, 4.69) is 20.5 Å². The van der Waals surface area contributed by atoms with Crippen LogP contribution in [0.25, 0.3) is 0 Å². The highest BCUT2D eigenvalue weighted by molar-refractivity contribution is 8.01. The summed E-state index contributed by atoms with van der Waals surface area (Å²) in [5, 5.41) is 22.2.